The van der Waals surface area contributed by atoms with E-state index < -0.39 is 0 Å². The third-order valence-corrected chi connectivity index (χ3v) is 9.11. The molecule has 0 radical (unpaired) electrons. The summed E-state index contributed by atoms with van der Waals surface area (Å²) in [4.78, 5) is 48.5. The van der Waals surface area contributed by atoms with Crippen molar-refractivity contribution >= 4 is 67.9 Å². The number of amides is 4. The maximum Gasteiger partial charge on any atom is 0.230 e. The van der Waals surface area contributed by atoms with Crippen LogP contribution in [0.25, 0.3) is 0 Å². The van der Waals surface area contributed by atoms with Crippen LogP contribution < -0.4 is 21.3 Å². The SMILES string of the molecule is CC(=O)Nc1ccccc1CC(=O)Nc1nnc([C@@H]2CCC[C@@H](c3nnc(NC(=O)Cc4ccccc4NC(C)=O)s3)C2)s1. The summed E-state index contributed by atoms with van der Waals surface area (Å²) in [6.45, 7) is 2.85. The van der Waals surface area contributed by atoms with Crippen molar-refractivity contribution in [3.05, 3.63) is 69.7 Å². The number of nitrogens with zero attached hydrogens (tertiary/aromatic N) is 4. The maximum atomic E-state index is 12.7. The number of hydrogen-bond donors (Lipinski definition) is 4. The number of nitrogens with one attached hydrogen (secondary N) is 4. The van der Waals surface area contributed by atoms with Gasteiger partial charge >= 0.3 is 0 Å². The van der Waals surface area contributed by atoms with Crippen molar-refractivity contribution in [2.24, 2.45) is 0 Å². The van der Waals surface area contributed by atoms with Gasteiger partial charge in [-0.05, 0) is 42.5 Å². The minimum absolute atomic E-state index is 0.0919. The monoisotopic (exact) mass is 632 g/mol. The van der Waals surface area contributed by atoms with Gasteiger partial charge in [0, 0.05) is 37.1 Å². The van der Waals surface area contributed by atoms with E-state index in [0.29, 0.717) is 32.8 Å². The molecule has 2 aromatic carbocycles. The van der Waals surface area contributed by atoms with Crippen LogP contribution in [0.4, 0.5) is 21.6 Å². The molecule has 2 atom stereocenters. The van der Waals surface area contributed by atoms with Crippen LogP contribution in [0, 0.1) is 0 Å². The van der Waals surface area contributed by atoms with Gasteiger partial charge in [-0.3, -0.25) is 19.2 Å². The van der Waals surface area contributed by atoms with Gasteiger partial charge in [0.1, 0.15) is 10.0 Å². The molecule has 0 unspecified atom stereocenters. The molecule has 44 heavy (non-hydrogen) atoms. The molecule has 1 fully saturated rings. The Kier molecular flexibility index (Phi) is 10.0. The molecule has 1 saturated carbocycles. The van der Waals surface area contributed by atoms with E-state index in [1.165, 1.54) is 36.5 Å². The van der Waals surface area contributed by atoms with E-state index in [-0.39, 0.29) is 48.3 Å². The van der Waals surface area contributed by atoms with E-state index in [4.69, 9.17) is 0 Å². The topological polar surface area (TPSA) is 168 Å². The number of anilines is 4. The van der Waals surface area contributed by atoms with Crippen molar-refractivity contribution in [2.45, 2.75) is 64.2 Å². The Labute approximate surface area is 262 Å². The largest absolute Gasteiger partial charge is 0.326 e. The van der Waals surface area contributed by atoms with Crippen LogP contribution in [0.15, 0.2) is 48.5 Å². The molecule has 14 heteroatoms. The van der Waals surface area contributed by atoms with Crippen molar-refractivity contribution < 1.29 is 19.2 Å². The Bertz CT molecular complexity index is 1550. The normalized spacial score (nSPS) is 16.1. The first-order valence-corrected chi connectivity index (χ1v) is 15.8. The number of para-hydroxylation sites is 2. The quantitative estimate of drug-likeness (QED) is 0.187. The molecule has 2 aromatic heterocycles. The average Bonchev–Trinajstić information content (AvgIpc) is 3.65. The van der Waals surface area contributed by atoms with Crippen molar-refractivity contribution in [3.63, 3.8) is 0 Å². The van der Waals surface area contributed by atoms with Crippen LogP contribution >= 0.6 is 22.7 Å². The van der Waals surface area contributed by atoms with Crippen LogP contribution in [0.1, 0.15) is 72.5 Å². The summed E-state index contributed by atoms with van der Waals surface area (Å²) in [7, 11) is 0. The molecule has 4 aromatic rings. The van der Waals surface area contributed by atoms with E-state index in [0.717, 1.165) is 35.7 Å². The molecule has 4 N–H and O–H groups in total. The van der Waals surface area contributed by atoms with Crippen molar-refractivity contribution in [3.8, 4) is 0 Å². The zero-order chi connectivity index (χ0) is 31.1. The molecule has 1 aliphatic rings. The Morgan fingerprint density at radius 1 is 0.659 bits per heavy atom. The molecular formula is C30H32N8O4S2. The molecule has 0 bridgehead atoms. The van der Waals surface area contributed by atoms with E-state index >= 15 is 0 Å². The minimum atomic E-state index is -0.242. The van der Waals surface area contributed by atoms with E-state index in [2.05, 4.69) is 41.7 Å². The summed E-state index contributed by atoms with van der Waals surface area (Å²) in [6.07, 6.45) is 3.90. The predicted molar refractivity (Wildman–Crippen MR) is 170 cm³/mol. The summed E-state index contributed by atoms with van der Waals surface area (Å²) in [5.41, 5.74) is 2.63. The van der Waals surface area contributed by atoms with Gasteiger partial charge < -0.3 is 21.3 Å². The third kappa shape index (κ3) is 8.29. The number of aromatic nitrogens is 4. The second-order valence-electron chi connectivity index (χ2n) is 10.6. The minimum Gasteiger partial charge on any atom is -0.326 e. The number of hydrogen-bond acceptors (Lipinski definition) is 10. The molecule has 0 saturated heterocycles. The summed E-state index contributed by atoms with van der Waals surface area (Å²) >= 11 is 2.74. The lowest BCUT2D eigenvalue weighted by molar-refractivity contribution is -0.116. The Balaban J connectivity index is 1.16. The predicted octanol–water partition coefficient (Wildman–Crippen LogP) is 5.11. The highest BCUT2D eigenvalue weighted by Crippen LogP contribution is 2.43. The van der Waals surface area contributed by atoms with Gasteiger partial charge in [0.15, 0.2) is 0 Å². The van der Waals surface area contributed by atoms with Gasteiger partial charge in [-0.25, -0.2) is 0 Å². The number of carbonyl (C=O) groups excluding carboxylic acids is 4. The van der Waals surface area contributed by atoms with Gasteiger partial charge in [0.05, 0.1) is 12.8 Å². The molecule has 5 rings (SSSR count). The van der Waals surface area contributed by atoms with Gasteiger partial charge in [0.25, 0.3) is 0 Å². The maximum absolute atomic E-state index is 12.7. The van der Waals surface area contributed by atoms with E-state index in [1.807, 2.05) is 12.1 Å². The lowest BCUT2D eigenvalue weighted by Crippen LogP contribution is -2.16. The Morgan fingerprint density at radius 2 is 1.09 bits per heavy atom. The highest BCUT2D eigenvalue weighted by molar-refractivity contribution is 7.15. The van der Waals surface area contributed by atoms with E-state index in [9.17, 15) is 19.2 Å². The highest BCUT2D eigenvalue weighted by Gasteiger charge is 2.29. The standard InChI is InChI=1S/C30H32N8O4S2/c1-17(39)31-23-12-5-3-8-19(23)15-25(41)33-29-37-35-27(43-29)21-10-7-11-22(14-21)28-36-38-30(44-28)34-26(42)16-20-9-4-6-13-24(20)32-18(2)40/h3-6,8-9,12-13,21-22H,7,10-11,14-16H2,1-2H3,(H,31,39)(H,32,40)(H,33,37,41)(H,34,38,42)/t21-,22-/m1/s1. The summed E-state index contributed by atoms with van der Waals surface area (Å²) in [5, 5.41) is 30.9. The fourth-order valence-corrected chi connectivity index (χ4v) is 7.00. The fourth-order valence-electron chi connectivity index (χ4n) is 5.18. The van der Waals surface area contributed by atoms with Gasteiger partial charge in [0.2, 0.25) is 33.9 Å². The molecule has 0 aliphatic heterocycles. The number of rotatable bonds is 10. The Morgan fingerprint density at radius 3 is 1.52 bits per heavy atom. The number of carbonyl (C=O) groups is 4. The molecule has 228 valence electrons. The van der Waals surface area contributed by atoms with E-state index in [1.54, 1.807) is 36.4 Å². The van der Waals surface area contributed by atoms with Crippen molar-refractivity contribution in [1.29, 1.82) is 0 Å². The fraction of sp³-hybridized carbons (Fsp3) is 0.333. The molecule has 1 aliphatic carbocycles. The molecule has 12 nitrogen and oxygen atoms in total. The lowest BCUT2D eigenvalue weighted by atomic mass is 9.82. The summed E-state index contributed by atoms with van der Waals surface area (Å²) in [6, 6.07) is 14.4. The van der Waals surface area contributed by atoms with Crippen LogP contribution in [0.3, 0.4) is 0 Å². The molecule has 4 amide bonds. The number of benzene rings is 2. The average molecular weight is 633 g/mol. The van der Waals surface area contributed by atoms with Crippen LogP contribution in [0.2, 0.25) is 0 Å². The van der Waals surface area contributed by atoms with Gasteiger partial charge in [-0.15, -0.1) is 20.4 Å². The second kappa shape index (κ2) is 14.3. The first kappa shape index (κ1) is 30.9. The zero-order valence-electron chi connectivity index (χ0n) is 24.3. The zero-order valence-corrected chi connectivity index (χ0v) is 25.9. The Hall–Kier alpha value is -4.56. The molecule has 2 heterocycles. The van der Waals surface area contributed by atoms with Gasteiger partial charge in [-0.2, -0.15) is 0 Å². The lowest BCUT2D eigenvalue weighted by Gasteiger charge is -2.25. The summed E-state index contributed by atoms with van der Waals surface area (Å²) < 4.78 is 0. The molecule has 0 spiro atoms. The highest BCUT2D eigenvalue weighted by atomic mass is 32.1. The van der Waals surface area contributed by atoms with Gasteiger partial charge in [-0.1, -0.05) is 65.5 Å². The third-order valence-electron chi connectivity index (χ3n) is 7.10. The van der Waals surface area contributed by atoms with Crippen LogP contribution in [-0.2, 0) is 32.0 Å². The molecular weight excluding hydrogens is 601 g/mol. The second-order valence-corrected chi connectivity index (χ2v) is 12.6. The smallest absolute Gasteiger partial charge is 0.230 e. The summed E-state index contributed by atoms with van der Waals surface area (Å²) in [5.74, 6) is -0.543. The van der Waals surface area contributed by atoms with Crippen LogP contribution in [-0.4, -0.2) is 44.0 Å². The van der Waals surface area contributed by atoms with Crippen molar-refractivity contribution in [1.82, 2.24) is 20.4 Å². The van der Waals surface area contributed by atoms with Crippen molar-refractivity contribution in [2.75, 3.05) is 21.3 Å². The van der Waals surface area contributed by atoms with Crippen LogP contribution in [0.5, 0.6) is 0 Å². The first-order valence-electron chi connectivity index (χ1n) is 14.2. The first-order chi connectivity index (χ1) is 21.2.